The van der Waals surface area contributed by atoms with E-state index in [2.05, 4.69) is 4.98 Å². The molecule has 0 fully saturated rings. The van der Waals surface area contributed by atoms with Gasteiger partial charge in [-0.15, -0.1) is 0 Å². The molecule has 0 saturated carbocycles. The number of ether oxygens (including phenoxy) is 2. The normalized spacial score (nSPS) is 14.8. The van der Waals surface area contributed by atoms with Crippen LogP contribution < -0.4 is 4.74 Å². The summed E-state index contributed by atoms with van der Waals surface area (Å²) < 4.78 is 11.4. The van der Waals surface area contributed by atoms with E-state index in [1.165, 1.54) is 13.2 Å². The van der Waals surface area contributed by atoms with E-state index in [0.29, 0.717) is 16.3 Å². The van der Waals surface area contributed by atoms with Crippen LogP contribution in [-0.4, -0.2) is 23.2 Å². The SMILES string of the molecule is COC(=O)c1c(O)ccc2c1-c1c[nH]c3cccc(c13)[C@@H](c1ccc(Cl)cc1)O2. The highest BCUT2D eigenvalue weighted by Crippen LogP contribution is 2.48. The zero-order valence-electron chi connectivity index (χ0n) is 15.4. The van der Waals surface area contributed by atoms with E-state index in [0.717, 1.165) is 27.6 Å². The molecule has 1 atom stereocenters. The Balaban J connectivity index is 1.86. The zero-order valence-corrected chi connectivity index (χ0v) is 16.2. The molecule has 4 aromatic rings. The maximum absolute atomic E-state index is 12.5. The molecule has 144 valence electrons. The van der Waals surface area contributed by atoms with Crippen LogP contribution in [0.1, 0.15) is 27.6 Å². The summed E-state index contributed by atoms with van der Waals surface area (Å²) in [6.45, 7) is 0. The van der Waals surface area contributed by atoms with Gasteiger partial charge in [-0.25, -0.2) is 4.79 Å². The number of aromatic nitrogens is 1. The standard InChI is InChI=1S/C23H16ClNO4/c1-28-23(27)21-17(26)9-10-18-20(21)15-11-25-16-4-2-3-14(19(15)16)22(29-18)12-5-7-13(24)8-6-12/h2-11,22,25-26H,1H3/t22-/m1/s1. The Hall–Kier alpha value is -3.44. The lowest BCUT2D eigenvalue weighted by atomic mass is 9.93. The fourth-order valence-corrected chi connectivity index (χ4v) is 4.08. The van der Waals surface area contributed by atoms with Crippen LogP contribution >= 0.6 is 11.6 Å². The first-order valence-corrected chi connectivity index (χ1v) is 9.43. The summed E-state index contributed by atoms with van der Waals surface area (Å²) in [6.07, 6.45) is 1.41. The number of rotatable bonds is 2. The van der Waals surface area contributed by atoms with Crippen LogP contribution in [0.15, 0.2) is 60.8 Å². The van der Waals surface area contributed by atoms with Crippen molar-refractivity contribution in [3.05, 3.63) is 82.5 Å². The summed E-state index contributed by atoms with van der Waals surface area (Å²) in [5.41, 5.74) is 4.15. The second kappa shape index (κ2) is 6.57. The van der Waals surface area contributed by atoms with Crippen molar-refractivity contribution in [3.8, 4) is 22.6 Å². The maximum Gasteiger partial charge on any atom is 0.342 e. The molecule has 3 aromatic carbocycles. The number of H-pyrrole nitrogens is 1. The predicted molar refractivity (Wildman–Crippen MR) is 111 cm³/mol. The minimum Gasteiger partial charge on any atom is -0.507 e. The first-order chi connectivity index (χ1) is 14.1. The number of phenolic OH excluding ortho intramolecular Hbond substituents is 1. The molecule has 5 nitrogen and oxygen atoms in total. The molecule has 0 amide bonds. The van der Waals surface area contributed by atoms with E-state index < -0.39 is 12.1 Å². The molecular formula is C23H16ClNO4. The molecule has 0 bridgehead atoms. The Morgan fingerprint density at radius 1 is 1.14 bits per heavy atom. The van der Waals surface area contributed by atoms with Gasteiger partial charge in [0.2, 0.25) is 0 Å². The van der Waals surface area contributed by atoms with Gasteiger partial charge in [0.15, 0.2) is 0 Å². The van der Waals surface area contributed by atoms with Crippen molar-refractivity contribution >= 4 is 28.5 Å². The minimum absolute atomic E-state index is 0.0810. The summed E-state index contributed by atoms with van der Waals surface area (Å²) in [5.74, 6) is -0.295. The highest BCUT2D eigenvalue weighted by atomic mass is 35.5. The average Bonchev–Trinajstić information content (AvgIpc) is 3.10. The van der Waals surface area contributed by atoms with Crippen molar-refractivity contribution in [2.24, 2.45) is 0 Å². The predicted octanol–water partition coefficient (Wildman–Crippen LogP) is 5.46. The summed E-state index contributed by atoms with van der Waals surface area (Å²) in [6, 6.07) is 16.5. The zero-order chi connectivity index (χ0) is 20.1. The van der Waals surface area contributed by atoms with Gasteiger partial charge in [-0.05, 0) is 35.9 Å². The fraction of sp³-hybridized carbons (Fsp3) is 0.0870. The highest BCUT2D eigenvalue weighted by molar-refractivity contribution is 6.30. The van der Waals surface area contributed by atoms with Crippen LogP contribution in [0.5, 0.6) is 11.5 Å². The molecule has 6 heteroatoms. The van der Waals surface area contributed by atoms with E-state index in [4.69, 9.17) is 21.1 Å². The number of hydrogen-bond acceptors (Lipinski definition) is 4. The summed E-state index contributed by atoms with van der Waals surface area (Å²) in [5, 5.41) is 12.0. The van der Waals surface area contributed by atoms with E-state index >= 15 is 0 Å². The number of methoxy groups -OCH3 is 1. The third kappa shape index (κ3) is 2.66. The number of halogens is 1. The molecule has 5 rings (SSSR count). The molecule has 0 aliphatic carbocycles. The number of phenols is 1. The van der Waals surface area contributed by atoms with Gasteiger partial charge in [0, 0.05) is 38.8 Å². The van der Waals surface area contributed by atoms with Gasteiger partial charge >= 0.3 is 5.97 Å². The lowest BCUT2D eigenvalue weighted by Gasteiger charge is -2.21. The maximum atomic E-state index is 12.5. The van der Waals surface area contributed by atoms with Crippen molar-refractivity contribution < 1.29 is 19.4 Å². The Morgan fingerprint density at radius 3 is 2.69 bits per heavy atom. The largest absolute Gasteiger partial charge is 0.507 e. The van der Waals surface area contributed by atoms with Crippen molar-refractivity contribution in [2.75, 3.05) is 7.11 Å². The number of aromatic hydroxyl groups is 1. The second-order valence-corrected chi connectivity index (χ2v) is 7.28. The summed E-state index contributed by atoms with van der Waals surface area (Å²) >= 11 is 6.07. The molecule has 0 saturated heterocycles. The van der Waals surface area contributed by atoms with Gasteiger partial charge in [0.05, 0.1) is 7.11 Å². The molecule has 29 heavy (non-hydrogen) atoms. The number of carbonyl (C=O) groups is 1. The Labute approximate surface area is 171 Å². The van der Waals surface area contributed by atoms with E-state index in [1.54, 1.807) is 6.07 Å². The lowest BCUT2D eigenvalue weighted by molar-refractivity contribution is 0.0598. The first kappa shape index (κ1) is 17.6. The quantitative estimate of drug-likeness (QED) is 0.434. The van der Waals surface area contributed by atoms with Crippen LogP contribution in [-0.2, 0) is 4.74 Å². The minimum atomic E-state index is -0.625. The Bertz CT molecular complexity index is 1260. The molecule has 1 aromatic heterocycles. The molecule has 2 N–H and O–H groups in total. The number of benzene rings is 3. The van der Waals surface area contributed by atoms with E-state index in [9.17, 15) is 9.90 Å². The second-order valence-electron chi connectivity index (χ2n) is 6.85. The van der Waals surface area contributed by atoms with Crippen LogP contribution in [0, 0.1) is 0 Å². The number of aromatic amines is 1. The number of carbonyl (C=O) groups excluding carboxylic acids is 1. The van der Waals surface area contributed by atoms with Crippen LogP contribution in [0.25, 0.3) is 22.0 Å². The summed E-state index contributed by atoms with van der Waals surface area (Å²) in [7, 11) is 1.29. The monoisotopic (exact) mass is 405 g/mol. The van der Waals surface area contributed by atoms with Gasteiger partial charge in [-0.2, -0.15) is 0 Å². The topological polar surface area (TPSA) is 71.5 Å². The van der Waals surface area contributed by atoms with Gasteiger partial charge < -0.3 is 19.6 Å². The van der Waals surface area contributed by atoms with Crippen molar-refractivity contribution in [3.63, 3.8) is 0 Å². The molecule has 1 aliphatic heterocycles. The van der Waals surface area contributed by atoms with Crippen molar-refractivity contribution in [1.29, 1.82) is 0 Å². The van der Waals surface area contributed by atoms with Crippen LogP contribution in [0.3, 0.4) is 0 Å². The van der Waals surface area contributed by atoms with Crippen molar-refractivity contribution in [2.45, 2.75) is 6.10 Å². The fourth-order valence-electron chi connectivity index (χ4n) is 3.95. The molecule has 0 radical (unpaired) electrons. The van der Waals surface area contributed by atoms with Gasteiger partial charge in [0.1, 0.15) is 23.2 Å². The highest BCUT2D eigenvalue weighted by Gasteiger charge is 2.31. The van der Waals surface area contributed by atoms with Crippen LogP contribution in [0.2, 0.25) is 5.02 Å². The van der Waals surface area contributed by atoms with Gasteiger partial charge in [-0.3, -0.25) is 0 Å². The third-order valence-corrected chi connectivity index (χ3v) is 5.49. The third-order valence-electron chi connectivity index (χ3n) is 5.24. The Kier molecular flexibility index (Phi) is 4.00. The molecule has 0 spiro atoms. The Morgan fingerprint density at radius 2 is 1.93 bits per heavy atom. The number of fused-ring (bicyclic) bond motifs is 2. The number of hydrogen-bond donors (Lipinski definition) is 2. The van der Waals surface area contributed by atoms with E-state index in [-0.39, 0.29) is 11.3 Å². The molecule has 2 heterocycles. The van der Waals surface area contributed by atoms with Gasteiger partial charge in [-0.1, -0.05) is 35.9 Å². The molecular weight excluding hydrogens is 390 g/mol. The van der Waals surface area contributed by atoms with Gasteiger partial charge in [0.25, 0.3) is 0 Å². The summed E-state index contributed by atoms with van der Waals surface area (Å²) in [4.78, 5) is 15.8. The van der Waals surface area contributed by atoms with Crippen LogP contribution in [0.4, 0.5) is 0 Å². The number of esters is 1. The smallest absolute Gasteiger partial charge is 0.342 e. The first-order valence-electron chi connectivity index (χ1n) is 9.05. The average molecular weight is 406 g/mol. The lowest BCUT2D eigenvalue weighted by Crippen LogP contribution is -2.10. The van der Waals surface area contributed by atoms with Crippen molar-refractivity contribution in [1.82, 2.24) is 4.98 Å². The molecule has 1 aliphatic rings. The van der Waals surface area contributed by atoms with E-state index in [1.807, 2.05) is 48.7 Å². The molecule has 0 unspecified atom stereocenters. The number of nitrogens with one attached hydrogen (secondary N) is 1.